The first-order valence-electron chi connectivity index (χ1n) is 16.0. The van der Waals surface area contributed by atoms with Gasteiger partial charge in [-0.25, -0.2) is 9.78 Å². The van der Waals surface area contributed by atoms with Crippen LogP contribution in [0.3, 0.4) is 0 Å². The summed E-state index contributed by atoms with van der Waals surface area (Å²) in [6, 6.07) is 22.7. The Kier molecular flexibility index (Phi) is 11.7. The molecule has 0 radical (unpaired) electrons. The van der Waals surface area contributed by atoms with Crippen LogP contribution in [0.5, 0.6) is 5.75 Å². The number of amides is 1. The summed E-state index contributed by atoms with van der Waals surface area (Å²) in [5.41, 5.74) is 1.59. The highest BCUT2D eigenvalue weighted by atomic mass is 127. The Bertz CT molecular complexity index is 1850. The van der Waals surface area contributed by atoms with Gasteiger partial charge in [-0.1, -0.05) is 106 Å². The van der Waals surface area contributed by atoms with Crippen LogP contribution < -0.4 is 25.7 Å². The summed E-state index contributed by atoms with van der Waals surface area (Å²) in [5, 5.41) is 30.9. The average Bonchev–Trinajstić information content (AvgIpc) is 3.38. The van der Waals surface area contributed by atoms with Crippen molar-refractivity contribution in [3.8, 4) is 5.75 Å². The van der Waals surface area contributed by atoms with E-state index in [-0.39, 0.29) is 28.7 Å². The van der Waals surface area contributed by atoms with Crippen molar-refractivity contribution in [1.82, 2.24) is 29.9 Å². The quantitative estimate of drug-likeness (QED) is 0.0831. The van der Waals surface area contributed by atoms with Crippen molar-refractivity contribution < 1.29 is 19.1 Å². The Balaban J connectivity index is 1.51. The number of methoxy groups -OCH3 is 1. The molecule has 0 spiro atoms. The van der Waals surface area contributed by atoms with Gasteiger partial charge in [-0.3, -0.25) is 10.00 Å². The molecular formula is C34H40ClIN8O4Si. The first-order chi connectivity index (χ1) is 23.5. The largest absolute Gasteiger partial charge is 0.495 e. The van der Waals surface area contributed by atoms with Crippen molar-refractivity contribution >= 4 is 81.8 Å². The second-order valence-electron chi connectivity index (χ2n) is 12.6. The van der Waals surface area contributed by atoms with Crippen molar-refractivity contribution in [3.05, 3.63) is 81.3 Å². The van der Waals surface area contributed by atoms with Gasteiger partial charge < -0.3 is 19.6 Å². The molecule has 3 heterocycles. The van der Waals surface area contributed by atoms with Gasteiger partial charge in [0.25, 0.3) is 8.32 Å². The van der Waals surface area contributed by atoms with Crippen LogP contribution in [0.25, 0.3) is 11.0 Å². The van der Waals surface area contributed by atoms with Crippen molar-refractivity contribution in [2.45, 2.75) is 64.6 Å². The number of anilines is 2. The Labute approximate surface area is 305 Å². The number of nitrogens with zero attached hydrogens (tertiary/aromatic N) is 6. The molecule has 0 aliphatic carbocycles. The smallest absolute Gasteiger partial charge is 0.411 e. The molecule has 0 bridgehead atoms. The molecule has 0 fully saturated rings. The molecule has 5 aromatic rings. The Hall–Kier alpha value is -3.86. The maximum atomic E-state index is 11.6. The number of halogens is 2. The number of benzene rings is 2. The van der Waals surface area contributed by atoms with Crippen LogP contribution in [0.4, 0.5) is 16.6 Å². The van der Waals surface area contributed by atoms with E-state index in [1.165, 1.54) is 17.5 Å². The molecule has 12 nitrogen and oxygen atoms in total. The lowest BCUT2D eigenvalue weighted by atomic mass is 10.1. The molecular weight excluding hydrogens is 775 g/mol. The van der Waals surface area contributed by atoms with E-state index in [1.807, 2.05) is 12.1 Å². The van der Waals surface area contributed by atoms with Gasteiger partial charge in [-0.05, 0) is 50.8 Å². The van der Waals surface area contributed by atoms with Gasteiger partial charge in [0.05, 0.1) is 13.7 Å². The lowest BCUT2D eigenvalue weighted by Gasteiger charge is -2.43. The number of hydrogen-bond donors (Lipinski definition) is 3. The predicted octanol–water partition coefficient (Wildman–Crippen LogP) is 6.57. The molecule has 3 aromatic heterocycles. The monoisotopic (exact) mass is 814 g/mol. The van der Waals surface area contributed by atoms with E-state index in [0.29, 0.717) is 45.0 Å². The van der Waals surface area contributed by atoms with E-state index in [2.05, 4.69) is 130 Å². The van der Waals surface area contributed by atoms with Gasteiger partial charge in [0.15, 0.2) is 11.0 Å². The van der Waals surface area contributed by atoms with Gasteiger partial charge in [0.1, 0.15) is 26.2 Å². The Morgan fingerprint density at radius 3 is 2.27 bits per heavy atom. The number of carboxylic acid groups (broad SMARTS) is 1. The van der Waals surface area contributed by atoms with Gasteiger partial charge >= 0.3 is 6.09 Å². The standard InChI is InChI=1S/C34H40ClIN8O4Si/c1-6-13-22(18-19-48-49(34(2,3)4,23-14-9-7-10-15-23)24-16-11-8-12-17-24)37-31-29-28(38-32(39-31)40-33(45)46)30(36)43-44(29)21-25-26(47-5)20-27(35)42-41-25/h7-12,14-17,20,22H,6,13,18-19,21H2,1-5H3,(H,45,46)(H2,37,38,39,40)/t22-/m0/s1. The average molecular weight is 815 g/mol. The molecule has 0 unspecified atom stereocenters. The fourth-order valence-corrected chi connectivity index (χ4v) is 11.5. The number of ether oxygens (including phenoxy) is 1. The second-order valence-corrected chi connectivity index (χ2v) is 18.3. The normalized spacial score (nSPS) is 12.6. The topological polar surface area (TPSA) is 149 Å². The highest BCUT2D eigenvalue weighted by Gasteiger charge is 2.50. The molecule has 1 amide bonds. The summed E-state index contributed by atoms with van der Waals surface area (Å²) >= 11 is 8.15. The van der Waals surface area contributed by atoms with Gasteiger partial charge in [-0.2, -0.15) is 10.1 Å². The van der Waals surface area contributed by atoms with E-state index in [0.717, 1.165) is 12.8 Å². The summed E-state index contributed by atoms with van der Waals surface area (Å²) < 4.78 is 15.0. The van der Waals surface area contributed by atoms with Crippen molar-refractivity contribution in [2.75, 3.05) is 24.4 Å². The van der Waals surface area contributed by atoms with Gasteiger partial charge in [-0.15, -0.1) is 10.2 Å². The first-order valence-corrected chi connectivity index (χ1v) is 19.3. The highest BCUT2D eigenvalue weighted by molar-refractivity contribution is 14.1. The van der Waals surface area contributed by atoms with E-state index in [4.69, 9.17) is 25.9 Å². The fourth-order valence-electron chi connectivity index (χ4n) is 6.17. The third kappa shape index (κ3) is 8.14. The molecule has 3 N–H and O–H groups in total. The van der Waals surface area contributed by atoms with Crippen LogP contribution in [-0.4, -0.2) is 69.2 Å². The zero-order valence-electron chi connectivity index (χ0n) is 28.1. The molecule has 0 aliphatic rings. The van der Waals surface area contributed by atoms with Crippen LogP contribution >= 0.6 is 34.2 Å². The minimum atomic E-state index is -2.74. The van der Waals surface area contributed by atoms with Crippen molar-refractivity contribution in [3.63, 3.8) is 0 Å². The number of nitrogens with one attached hydrogen (secondary N) is 2. The lowest BCUT2D eigenvalue weighted by molar-refractivity contribution is 0.209. The SMILES string of the molecule is CCC[C@@H](CCO[Si](c1ccccc1)(c1ccccc1)C(C)(C)C)Nc1nc(NC(=O)O)nc2c(I)nn(Cc3nnc(Cl)cc3OC)c12. The number of hydrogen-bond acceptors (Lipinski definition) is 9. The number of fused-ring (bicyclic) bond motifs is 1. The molecule has 15 heteroatoms. The third-order valence-electron chi connectivity index (χ3n) is 8.26. The van der Waals surface area contributed by atoms with Crippen LogP contribution in [-0.2, 0) is 11.0 Å². The van der Waals surface area contributed by atoms with Crippen LogP contribution in [0.15, 0.2) is 66.7 Å². The van der Waals surface area contributed by atoms with Gasteiger partial charge in [0, 0.05) is 18.7 Å². The summed E-state index contributed by atoms with van der Waals surface area (Å²) in [5.74, 6) is 0.846. The number of carbonyl (C=O) groups is 1. The molecule has 0 saturated carbocycles. The number of rotatable bonds is 14. The van der Waals surface area contributed by atoms with E-state index < -0.39 is 14.4 Å². The Morgan fingerprint density at radius 2 is 1.69 bits per heavy atom. The summed E-state index contributed by atoms with van der Waals surface area (Å²) in [6.07, 6.45) is 1.13. The van der Waals surface area contributed by atoms with E-state index in [9.17, 15) is 9.90 Å². The van der Waals surface area contributed by atoms with Crippen molar-refractivity contribution in [1.29, 1.82) is 0 Å². The van der Waals surface area contributed by atoms with Crippen LogP contribution in [0.2, 0.25) is 10.2 Å². The van der Waals surface area contributed by atoms with Crippen LogP contribution in [0.1, 0.15) is 52.7 Å². The number of aromatic nitrogens is 6. The lowest BCUT2D eigenvalue weighted by Crippen LogP contribution is -2.66. The Morgan fingerprint density at radius 1 is 1.04 bits per heavy atom. The highest BCUT2D eigenvalue weighted by Crippen LogP contribution is 2.37. The second kappa shape index (κ2) is 15.8. The summed E-state index contributed by atoms with van der Waals surface area (Å²) in [7, 11) is -1.21. The molecule has 5 rings (SSSR count). The van der Waals surface area contributed by atoms with E-state index in [1.54, 1.807) is 10.7 Å². The van der Waals surface area contributed by atoms with E-state index >= 15 is 0 Å². The molecule has 0 aliphatic heterocycles. The minimum absolute atomic E-state index is 0.0531. The molecule has 2 aromatic carbocycles. The molecule has 0 saturated heterocycles. The van der Waals surface area contributed by atoms with Crippen molar-refractivity contribution in [2.24, 2.45) is 0 Å². The predicted molar refractivity (Wildman–Crippen MR) is 203 cm³/mol. The first kappa shape index (κ1) is 36.4. The maximum Gasteiger partial charge on any atom is 0.411 e. The van der Waals surface area contributed by atoms with Gasteiger partial charge in [0.2, 0.25) is 5.95 Å². The molecule has 1 atom stereocenters. The fraction of sp³-hybridized carbons (Fsp3) is 0.353. The maximum absolute atomic E-state index is 11.6. The van der Waals surface area contributed by atoms with Crippen LogP contribution in [0, 0.1) is 3.70 Å². The zero-order chi connectivity index (χ0) is 35.2. The summed E-state index contributed by atoms with van der Waals surface area (Å²) in [6.45, 7) is 9.60. The molecule has 258 valence electrons. The third-order valence-corrected chi connectivity index (χ3v) is 14.2. The minimum Gasteiger partial charge on any atom is -0.495 e. The molecule has 49 heavy (non-hydrogen) atoms. The zero-order valence-corrected chi connectivity index (χ0v) is 32.0. The summed E-state index contributed by atoms with van der Waals surface area (Å²) in [4.78, 5) is 20.8.